The van der Waals surface area contributed by atoms with E-state index in [-0.39, 0.29) is 42.2 Å². The van der Waals surface area contributed by atoms with E-state index in [0.29, 0.717) is 29.9 Å². The maximum absolute atomic E-state index is 14.2. The average Bonchev–Trinajstić information content (AvgIpc) is 3.91. The molecule has 9 rings (SSSR count). The number of piperidine rings is 1. The van der Waals surface area contributed by atoms with Crippen LogP contribution < -0.4 is 20.4 Å². The molecule has 4 heterocycles. The summed E-state index contributed by atoms with van der Waals surface area (Å²) in [5.41, 5.74) is 3.71. The highest BCUT2D eigenvalue weighted by molar-refractivity contribution is 6.06. The number of phenols is 1. The number of aromatic nitrogens is 2. The van der Waals surface area contributed by atoms with Crippen molar-refractivity contribution in [3.63, 3.8) is 0 Å². The molecule has 4 aromatic rings. The van der Waals surface area contributed by atoms with Gasteiger partial charge in [-0.1, -0.05) is 6.07 Å². The number of hydrogen-bond donors (Lipinski definition) is 3. The smallest absolute Gasteiger partial charge is 0.328 e. The topological polar surface area (TPSA) is 143 Å². The second kappa shape index (κ2) is 16.9. The highest BCUT2D eigenvalue weighted by atomic mass is 19.2. The number of nitrogens with zero attached hydrogens (tertiary/aromatic N) is 6. The molecule has 1 atom stereocenters. The van der Waals surface area contributed by atoms with Crippen molar-refractivity contribution >= 4 is 46.0 Å². The van der Waals surface area contributed by atoms with Gasteiger partial charge in [-0.3, -0.25) is 34.2 Å². The van der Waals surface area contributed by atoms with E-state index in [0.717, 1.165) is 101 Å². The molecule has 5 fully saturated rings. The summed E-state index contributed by atoms with van der Waals surface area (Å²) in [6.07, 6.45) is 11.1. The summed E-state index contributed by atoms with van der Waals surface area (Å²) in [4.78, 5) is 59.0. The van der Waals surface area contributed by atoms with Crippen LogP contribution in [0.5, 0.6) is 5.75 Å². The number of phenolic OH excluding ortho intramolecular Hbond substituents is 1. The Bertz CT molecular complexity index is 2400. The maximum Gasteiger partial charge on any atom is 0.328 e. The maximum atomic E-state index is 14.2. The van der Waals surface area contributed by atoms with Crippen LogP contribution in [0.4, 0.5) is 29.3 Å². The summed E-state index contributed by atoms with van der Waals surface area (Å²) in [6.45, 7) is 7.78. The highest BCUT2D eigenvalue weighted by Crippen LogP contribution is 2.48. The van der Waals surface area contributed by atoms with Gasteiger partial charge >= 0.3 is 6.03 Å². The van der Waals surface area contributed by atoms with Crippen molar-refractivity contribution in [3.8, 4) is 5.75 Å². The van der Waals surface area contributed by atoms with Crippen LogP contribution in [0.25, 0.3) is 10.9 Å². The van der Waals surface area contributed by atoms with Crippen molar-refractivity contribution in [1.29, 1.82) is 0 Å². The second-order valence-corrected chi connectivity index (χ2v) is 18.1. The molecule has 3 aromatic carbocycles. The number of benzene rings is 3. The first-order chi connectivity index (χ1) is 29.8. The van der Waals surface area contributed by atoms with Crippen molar-refractivity contribution in [3.05, 3.63) is 82.8 Å². The van der Waals surface area contributed by atoms with Crippen LogP contribution in [0.15, 0.2) is 48.7 Å². The van der Waals surface area contributed by atoms with Crippen LogP contribution in [-0.2, 0) is 4.79 Å². The lowest BCUT2D eigenvalue weighted by molar-refractivity contribution is -0.120. The quantitative estimate of drug-likeness (QED) is 0.167. The Morgan fingerprint density at radius 3 is 2.37 bits per heavy atom. The Balaban J connectivity index is 0.732. The highest BCUT2D eigenvalue weighted by Gasteiger charge is 2.44. The largest absolute Gasteiger partial charge is 0.503 e. The Kier molecular flexibility index (Phi) is 11.4. The normalized spacial score (nSPS) is 23.3. The number of aromatic hydroxyl groups is 1. The van der Waals surface area contributed by atoms with Crippen LogP contribution in [0.3, 0.4) is 0 Å². The predicted octanol–water partition coefficient (Wildman–Crippen LogP) is 6.67. The first-order valence-corrected chi connectivity index (χ1v) is 22.0. The van der Waals surface area contributed by atoms with Crippen molar-refractivity contribution in [2.45, 2.75) is 83.2 Å². The number of nitrogens with one attached hydrogen (secondary N) is 2. The molecular formula is C46H53F3N8O5. The van der Waals surface area contributed by atoms with E-state index in [1.807, 2.05) is 24.0 Å². The number of urea groups is 1. The predicted molar refractivity (Wildman–Crippen MR) is 227 cm³/mol. The number of aryl methyl sites for hydroxylation is 1. The summed E-state index contributed by atoms with van der Waals surface area (Å²) in [5, 5.41) is 20.3. The minimum atomic E-state index is -1.78. The Labute approximate surface area is 358 Å². The lowest BCUT2D eigenvalue weighted by Gasteiger charge is -2.42. The molecule has 3 aliphatic heterocycles. The summed E-state index contributed by atoms with van der Waals surface area (Å²) in [7, 11) is 0. The summed E-state index contributed by atoms with van der Waals surface area (Å²) in [6, 6.07) is 12.8. The molecule has 0 radical (unpaired) electrons. The zero-order valence-electron chi connectivity index (χ0n) is 35.0. The van der Waals surface area contributed by atoms with Gasteiger partial charge in [0.2, 0.25) is 11.7 Å². The average molecular weight is 855 g/mol. The molecule has 62 heavy (non-hydrogen) atoms. The Morgan fingerprint density at radius 2 is 1.63 bits per heavy atom. The fourth-order valence-electron chi connectivity index (χ4n) is 10.6. The lowest BCUT2D eigenvalue weighted by atomic mass is 9.76. The molecule has 1 aromatic heterocycles. The number of hydrogen-bond acceptors (Lipinski definition) is 8. The second-order valence-electron chi connectivity index (χ2n) is 18.1. The van der Waals surface area contributed by atoms with Crippen molar-refractivity contribution in [2.75, 3.05) is 62.2 Å². The number of halogens is 3. The van der Waals surface area contributed by atoms with E-state index in [4.69, 9.17) is 5.10 Å². The number of fused-ring (bicyclic) bond motifs is 1. The molecule has 2 aliphatic carbocycles. The number of likely N-dealkylation sites (tertiary alicyclic amines) is 1. The Morgan fingerprint density at radius 1 is 0.871 bits per heavy atom. The molecule has 5 aliphatic rings. The number of rotatable bonds is 8. The molecule has 3 N–H and O–H groups in total. The fraction of sp³-hybridized carbons (Fsp3) is 0.500. The number of piperazine rings is 1. The van der Waals surface area contributed by atoms with Gasteiger partial charge in [-0.15, -0.1) is 0 Å². The lowest BCUT2D eigenvalue weighted by Crippen LogP contribution is -2.50. The molecule has 5 amide bonds. The number of carbonyl (C=O) groups is 4. The third-order valence-electron chi connectivity index (χ3n) is 14.4. The SMILES string of the molecule is Cc1ccc(C(=O)N2CCC3(CCC(N4CCN(c5ccc6cn([C@H]7CC[C@H](CNC(=O)c8cc(F)c(O)c(F)c8F)CC7)nc6c5)CC4)C3)CC2)cc1N1CCC(=O)NC1=O. The van der Waals surface area contributed by atoms with Gasteiger partial charge in [0.1, 0.15) is 0 Å². The molecule has 328 valence electrons. The molecular weight excluding hydrogens is 802 g/mol. The van der Waals surface area contributed by atoms with E-state index in [9.17, 15) is 37.5 Å². The van der Waals surface area contributed by atoms with Crippen molar-refractivity contribution in [1.82, 2.24) is 30.2 Å². The minimum absolute atomic E-state index is 0.0113. The summed E-state index contributed by atoms with van der Waals surface area (Å²) in [5.74, 6) is -7.26. The van der Waals surface area contributed by atoms with Crippen LogP contribution in [0, 0.1) is 35.7 Å². The molecule has 2 saturated carbocycles. The number of carbonyl (C=O) groups excluding carboxylic acids is 4. The van der Waals surface area contributed by atoms with E-state index in [1.54, 1.807) is 11.0 Å². The van der Waals surface area contributed by atoms with Gasteiger partial charge in [0.15, 0.2) is 17.4 Å². The van der Waals surface area contributed by atoms with Crippen LogP contribution >= 0.6 is 0 Å². The van der Waals surface area contributed by atoms with E-state index >= 15 is 0 Å². The molecule has 16 heteroatoms. The number of anilines is 2. The molecule has 3 saturated heterocycles. The van der Waals surface area contributed by atoms with Crippen molar-refractivity contribution < 1.29 is 37.5 Å². The first kappa shape index (κ1) is 41.7. The van der Waals surface area contributed by atoms with Crippen LogP contribution in [-0.4, -0.2) is 107 Å². The van der Waals surface area contributed by atoms with Gasteiger partial charge in [-0.2, -0.15) is 9.49 Å². The third-order valence-corrected chi connectivity index (χ3v) is 14.4. The minimum Gasteiger partial charge on any atom is -0.503 e. The van der Waals surface area contributed by atoms with E-state index < -0.39 is 40.7 Å². The molecule has 13 nitrogen and oxygen atoms in total. The third kappa shape index (κ3) is 8.20. The molecule has 1 unspecified atom stereocenters. The van der Waals surface area contributed by atoms with Crippen molar-refractivity contribution in [2.24, 2.45) is 11.3 Å². The number of amides is 5. The molecule has 1 spiro atoms. The monoisotopic (exact) mass is 854 g/mol. The summed E-state index contributed by atoms with van der Waals surface area (Å²) >= 11 is 0. The van der Waals surface area contributed by atoms with Gasteiger partial charge in [-0.05, 0) is 118 Å². The van der Waals surface area contributed by atoms with E-state index in [1.165, 1.54) is 18.5 Å². The zero-order chi connectivity index (χ0) is 43.3. The van der Waals surface area contributed by atoms with Crippen LogP contribution in [0.2, 0.25) is 0 Å². The molecule has 0 bridgehead atoms. The van der Waals surface area contributed by atoms with Crippen LogP contribution in [0.1, 0.15) is 96.5 Å². The summed E-state index contributed by atoms with van der Waals surface area (Å²) < 4.78 is 43.7. The first-order valence-electron chi connectivity index (χ1n) is 22.0. The fourth-order valence-corrected chi connectivity index (χ4v) is 10.6. The van der Waals surface area contributed by atoms with Gasteiger partial charge in [0.25, 0.3) is 11.8 Å². The van der Waals surface area contributed by atoms with Gasteiger partial charge in [-0.25, -0.2) is 13.6 Å². The van der Waals surface area contributed by atoms with Gasteiger partial charge in [0.05, 0.1) is 17.1 Å². The zero-order valence-corrected chi connectivity index (χ0v) is 35.0. The van der Waals surface area contributed by atoms with Gasteiger partial charge in [0, 0.05) is 93.3 Å². The number of imide groups is 1. The van der Waals surface area contributed by atoms with Gasteiger partial charge < -0.3 is 20.2 Å². The van der Waals surface area contributed by atoms with E-state index in [2.05, 4.69) is 49.5 Å². The Hall–Kier alpha value is -5.64. The standard InChI is InChI=1S/C46H53F3N8O5/c1-28-2-5-30(22-38(28)56-15-11-39(58)51-45(56)62)44(61)55-16-13-46(14-17-55)12-10-34(25-46)54-20-18-53(19-21-54)33-9-6-31-27-57(52-37(31)23-33)32-7-3-29(4-8-32)26-50-43(60)35-24-36(47)42(59)41(49)40(35)48/h2,5-6,9,22-24,27,29,32,34,59H,3-4,7-8,10-21,25-26H2,1H3,(H,50,60)(H,51,58,62)/t29-,32-,34?.